The highest BCUT2D eigenvalue weighted by Crippen LogP contribution is 2.38. The summed E-state index contributed by atoms with van der Waals surface area (Å²) in [6.45, 7) is 7.10. The molecule has 9 heteroatoms. The lowest BCUT2D eigenvalue weighted by molar-refractivity contribution is -0.122. The first-order valence-corrected chi connectivity index (χ1v) is 12.6. The van der Waals surface area contributed by atoms with Crippen molar-refractivity contribution in [1.82, 2.24) is 15.5 Å². The van der Waals surface area contributed by atoms with Crippen molar-refractivity contribution in [2.45, 2.75) is 70.4 Å². The molecule has 1 atom stereocenters. The summed E-state index contributed by atoms with van der Waals surface area (Å²) in [4.78, 5) is 31.3. The number of benzene rings is 1. The van der Waals surface area contributed by atoms with Crippen molar-refractivity contribution in [2.24, 2.45) is 4.99 Å². The Morgan fingerprint density at radius 1 is 1.28 bits per heavy atom. The van der Waals surface area contributed by atoms with E-state index in [-0.39, 0.29) is 30.6 Å². The highest BCUT2D eigenvalue weighted by Gasteiger charge is 2.42. The predicted octanol–water partition coefficient (Wildman–Crippen LogP) is 2.18. The van der Waals surface area contributed by atoms with E-state index in [0.29, 0.717) is 35.8 Å². The fraction of sp³-hybridized carbons (Fsp3) is 0.593. The Bertz CT molecular complexity index is 978. The van der Waals surface area contributed by atoms with Crippen LogP contribution in [0.5, 0.6) is 0 Å². The van der Waals surface area contributed by atoms with Crippen LogP contribution in [-0.2, 0) is 14.3 Å². The maximum atomic E-state index is 12.3. The number of hydrogen-bond acceptors (Lipinski definition) is 7. The third kappa shape index (κ3) is 7.15. The summed E-state index contributed by atoms with van der Waals surface area (Å²) in [6, 6.07) is 7.71. The smallest absolute Gasteiger partial charge is 0.251 e. The molecule has 9 nitrogen and oxygen atoms in total. The van der Waals surface area contributed by atoms with Gasteiger partial charge >= 0.3 is 0 Å². The van der Waals surface area contributed by atoms with Gasteiger partial charge in [-0.15, -0.1) is 0 Å². The van der Waals surface area contributed by atoms with E-state index in [2.05, 4.69) is 20.5 Å². The molecule has 1 aromatic carbocycles. The molecule has 198 valence electrons. The van der Waals surface area contributed by atoms with Gasteiger partial charge in [0, 0.05) is 43.6 Å². The molecule has 0 radical (unpaired) electrons. The molecule has 2 aliphatic rings. The molecule has 2 fully saturated rings. The van der Waals surface area contributed by atoms with Crippen molar-refractivity contribution in [1.29, 1.82) is 0 Å². The minimum atomic E-state index is -0.985. The second-order valence-corrected chi connectivity index (χ2v) is 9.82. The third-order valence-electron chi connectivity index (χ3n) is 7.20. The molecular formula is C27H40N4O5. The number of aryl methyl sites for hydroxylation is 1. The molecule has 0 bridgehead atoms. The highest BCUT2D eigenvalue weighted by atomic mass is 16.5. The van der Waals surface area contributed by atoms with Gasteiger partial charge in [0.15, 0.2) is 0 Å². The molecule has 3 N–H and O–H groups in total. The number of aliphatic hydroxyl groups is 1. The number of amides is 2. The Kier molecular flexibility index (Phi) is 9.64. The first-order chi connectivity index (χ1) is 17.1. The number of nitrogens with zero attached hydrogens (tertiary/aromatic N) is 2. The predicted molar refractivity (Wildman–Crippen MR) is 139 cm³/mol. The second-order valence-electron chi connectivity index (χ2n) is 9.82. The summed E-state index contributed by atoms with van der Waals surface area (Å²) in [5.41, 5.74) is 1.27. The molecule has 0 spiro atoms. The molecule has 1 aliphatic heterocycles. The maximum Gasteiger partial charge on any atom is 0.251 e. The maximum absolute atomic E-state index is 12.3. The van der Waals surface area contributed by atoms with Crippen molar-refractivity contribution in [3.63, 3.8) is 0 Å². The summed E-state index contributed by atoms with van der Waals surface area (Å²) < 4.78 is 10.6. The van der Waals surface area contributed by atoms with E-state index in [9.17, 15) is 14.7 Å². The van der Waals surface area contributed by atoms with Crippen molar-refractivity contribution in [3.05, 3.63) is 46.7 Å². The molecule has 0 aromatic heterocycles. The molecule has 3 rings (SSSR count). The fourth-order valence-corrected chi connectivity index (χ4v) is 4.83. The summed E-state index contributed by atoms with van der Waals surface area (Å²) in [6.07, 6.45) is 4.29. The van der Waals surface area contributed by atoms with Crippen LogP contribution >= 0.6 is 0 Å². The van der Waals surface area contributed by atoms with Gasteiger partial charge in [0.25, 0.3) is 5.91 Å². The molecule has 1 saturated heterocycles. The van der Waals surface area contributed by atoms with Gasteiger partial charge in [-0.3, -0.25) is 19.5 Å². The zero-order valence-electron chi connectivity index (χ0n) is 22.0. The van der Waals surface area contributed by atoms with Crippen molar-refractivity contribution in [3.8, 4) is 0 Å². The number of likely N-dealkylation sites (tertiary alicyclic amines) is 1. The summed E-state index contributed by atoms with van der Waals surface area (Å²) >= 11 is 0. The Morgan fingerprint density at radius 3 is 2.58 bits per heavy atom. The van der Waals surface area contributed by atoms with Crippen LogP contribution < -0.4 is 10.6 Å². The van der Waals surface area contributed by atoms with Gasteiger partial charge in [-0.1, -0.05) is 17.7 Å². The third-order valence-corrected chi connectivity index (χ3v) is 7.20. The molecule has 36 heavy (non-hydrogen) atoms. The largest absolute Gasteiger partial charge is 0.501 e. The van der Waals surface area contributed by atoms with Crippen LogP contribution in [0.1, 0.15) is 55.5 Å². The minimum absolute atomic E-state index is 0.0447. The lowest BCUT2D eigenvalue weighted by Gasteiger charge is -2.48. The second kappa shape index (κ2) is 12.5. The highest BCUT2D eigenvalue weighted by molar-refractivity contribution is 5.96. The molecule has 1 heterocycles. The number of rotatable bonds is 10. The quantitative estimate of drug-likeness (QED) is 0.335. The average Bonchev–Trinajstić information content (AvgIpc) is 2.84. The summed E-state index contributed by atoms with van der Waals surface area (Å²) in [5.74, 6) is 0.218. The van der Waals surface area contributed by atoms with E-state index in [1.165, 1.54) is 0 Å². The lowest BCUT2D eigenvalue weighted by Crippen LogP contribution is -2.63. The molecule has 1 aliphatic carbocycles. The fourth-order valence-electron chi connectivity index (χ4n) is 4.83. The van der Waals surface area contributed by atoms with Crippen molar-refractivity contribution in [2.75, 3.05) is 33.9 Å². The van der Waals surface area contributed by atoms with E-state index in [4.69, 9.17) is 9.47 Å². The Hall–Kier alpha value is -2.75. The first-order valence-electron chi connectivity index (χ1n) is 12.6. The van der Waals surface area contributed by atoms with Crippen molar-refractivity contribution >= 4 is 18.0 Å². The number of nitrogens with one attached hydrogen (secondary N) is 2. The minimum Gasteiger partial charge on any atom is -0.501 e. The van der Waals surface area contributed by atoms with Crippen LogP contribution in [0.25, 0.3) is 0 Å². The number of methoxy groups -OCH3 is 2. The Balaban J connectivity index is 1.43. The summed E-state index contributed by atoms with van der Waals surface area (Å²) in [5, 5.41) is 17.1. The van der Waals surface area contributed by atoms with Gasteiger partial charge in [0.2, 0.25) is 5.91 Å². The van der Waals surface area contributed by atoms with E-state index in [0.717, 1.165) is 31.5 Å². The SMILES string of the molecule is CO/C(C)=C(/C=N\C(C)OC)[C@]1(O)CC[C@H](N2CC(NC(=O)CNC(=O)c3cccc(C)c3)C2)CC1. The van der Waals surface area contributed by atoms with Gasteiger partial charge in [0.05, 0.1) is 25.3 Å². The monoisotopic (exact) mass is 500 g/mol. The number of allylic oxidation sites excluding steroid dienone is 1. The number of aliphatic imine (C=N–C) groups is 1. The van der Waals surface area contributed by atoms with E-state index in [1.54, 1.807) is 32.6 Å². The molecular weight excluding hydrogens is 460 g/mol. The molecule has 2 amide bonds. The molecule has 1 unspecified atom stereocenters. The van der Waals surface area contributed by atoms with Crippen LogP contribution in [0.4, 0.5) is 0 Å². The zero-order valence-corrected chi connectivity index (χ0v) is 22.0. The molecule has 1 aromatic rings. The Labute approximate surface area is 213 Å². The van der Waals surface area contributed by atoms with Crippen LogP contribution in [0.15, 0.2) is 40.6 Å². The van der Waals surface area contributed by atoms with Gasteiger partial charge in [0.1, 0.15) is 12.0 Å². The average molecular weight is 501 g/mol. The number of ether oxygens (including phenoxy) is 2. The number of hydrogen-bond donors (Lipinski definition) is 3. The van der Waals surface area contributed by atoms with Gasteiger partial charge < -0.3 is 25.2 Å². The topological polar surface area (TPSA) is 112 Å². The zero-order chi connectivity index (χ0) is 26.3. The van der Waals surface area contributed by atoms with E-state index >= 15 is 0 Å². The van der Waals surface area contributed by atoms with Crippen molar-refractivity contribution < 1.29 is 24.2 Å². The van der Waals surface area contributed by atoms with Gasteiger partial charge in [-0.05, 0) is 58.6 Å². The van der Waals surface area contributed by atoms with Gasteiger partial charge in [-0.25, -0.2) is 0 Å². The van der Waals surface area contributed by atoms with E-state index < -0.39 is 5.60 Å². The Morgan fingerprint density at radius 2 is 1.97 bits per heavy atom. The lowest BCUT2D eigenvalue weighted by atomic mass is 9.76. The van der Waals surface area contributed by atoms with Crippen LogP contribution in [0.2, 0.25) is 0 Å². The number of carbonyl (C=O) groups excluding carboxylic acids is 2. The van der Waals surface area contributed by atoms with E-state index in [1.807, 2.05) is 32.9 Å². The first kappa shape index (κ1) is 27.8. The van der Waals surface area contributed by atoms with Crippen LogP contribution in [0, 0.1) is 6.92 Å². The molecule has 1 saturated carbocycles. The van der Waals surface area contributed by atoms with Gasteiger partial charge in [-0.2, -0.15) is 0 Å². The standard InChI is InChI=1S/C27H40N4O5/c1-18-7-6-8-21(13-18)26(33)29-15-25(32)30-22-16-31(17-22)23-9-11-27(34,12-10-23)24(19(2)35-4)14-28-20(3)36-5/h6-8,13-14,20,22-23,34H,9-12,15-17H2,1-5H3,(H,29,33)(H,30,32)/b24-19-,28-14-/t20?,23-,27-. The summed E-state index contributed by atoms with van der Waals surface area (Å²) in [7, 11) is 3.19. The normalized spacial score (nSPS) is 24.6. The number of carbonyl (C=O) groups is 2. The van der Waals surface area contributed by atoms with Crippen LogP contribution in [-0.4, -0.2) is 85.8 Å². The van der Waals surface area contributed by atoms with Crippen LogP contribution in [0.3, 0.4) is 0 Å².